The number of carbonyl (C=O) groups excluding carboxylic acids is 1. The molecule has 0 aromatic heterocycles. The van der Waals surface area contributed by atoms with Crippen molar-refractivity contribution in [2.75, 3.05) is 65.6 Å². The fourth-order valence-electron chi connectivity index (χ4n) is 5.33. The zero-order valence-electron chi connectivity index (χ0n) is 15.5. The Morgan fingerprint density at radius 3 is 2.84 bits per heavy atom. The van der Waals surface area contributed by atoms with Crippen LogP contribution in [-0.4, -0.2) is 87.3 Å². The smallest absolute Gasteiger partial charge is 0.229 e. The van der Waals surface area contributed by atoms with Gasteiger partial charge in [-0.25, -0.2) is 0 Å². The molecule has 4 aliphatic rings. The third-order valence-corrected chi connectivity index (χ3v) is 6.89. The van der Waals surface area contributed by atoms with E-state index in [0.29, 0.717) is 11.8 Å². The van der Waals surface area contributed by atoms with Crippen LogP contribution in [0.3, 0.4) is 0 Å². The molecule has 2 N–H and O–H groups in total. The standard InChI is InChI=1S/C19H34N4O2/c24-18(21-6-3-7-22-8-10-25-11-9-22)19-14-20-12-16(19)13-23(15-19)17-4-1-2-5-17/h16-17,20H,1-15H2,(H,21,24)/t16-,19-/m0/s1. The van der Waals surface area contributed by atoms with E-state index in [-0.39, 0.29) is 5.41 Å². The first-order valence-electron chi connectivity index (χ1n) is 10.3. The minimum Gasteiger partial charge on any atom is -0.379 e. The van der Waals surface area contributed by atoms with Gasteiger partial charge in [0, 0.05) is 57.8 Å². The average Bonchev–Trinajstić information content (AvgIpc) is 3.34. The zero-order chi connectivity index (χ0) is 17.1. The molecule has 6 heteroatoms. The molecule has 0 aromatic carbocycles. The van der Waals surface area contributed by atoms with Gasteiger partial charge in [0.15, 0.2) is 0 Å². The summed E-state index contributed by atoms with van der Waals surface area (Å²) in [6.07, 6.45) is 6.43. The summed E-state index contributed by atoms with van der Waals surface area (Å²) in [5, 5.41) is 6.76. The van der Waals surface area contributed by atoms with Crippen LogP contribution in [0, 0.1) is 11.3 Å². The highest BCUT2D eigenvalue weighted by atomic mass is 16.5. The lowest BCUT2D eigenvalue weighted by molar-refractivity contribution is -0.130. The molecule has 0 radical (unpaired) electrons. The molecule has 1 saturated carbocycles. The molecule has 3 saturated heterocycles. The van der Waals surface area contributed by atoms with E-state index in [4.69, 9.17) is 4.74 Å². The van der Waals surface area contributed by atoms with E-state index in [1.54, 1.807) is 0 Å². The van der Waals surface area contributed by atoms with Crippen molar-refractivity contribution in [3.05, 3.63) is 0 Å². The lowest BCUT2D eigenvalue weighted by Gasteiger charge is -2.29. The molecule has 0 bridgehead atoms. The van der Waals surface area contributed by atoms with Crippen LogP contribution < -0.4 is 10.6 Å². The first kappa shape index (κ1) is 17.7. The second-order valence-corrected chi connectivity index (χ2v) is 8.42. The third-order valence-electron chi connectivity index (χ3n) is 6.89. The Morgan fingerprint density at radius 2 is 2.04 bits per heavy atom. The molecule has 0 unspecified atom stereocenters. The minimum absolute atomic E-state index is 0.179. The normalized spacial score (nSPS) is 34.5. The Labute approximate surface area is 151 Å². The van der Waals surface area contributed by atoms with Crippen molar-refractivity contribution in [2.24, 2.45) is 11.3 Å². The van der Waals surface area contributed by atoms with Gasteiger partial charge in [0.25, 0.3) is 0 Å². The first-order chi connectivity index (χ1) is 12.3. The second-order valence-electron chi connectivity index (χ2n) is 8.42. The lowest BCUT2D eigenvalue weighted by Crippen LogP contribution is -2.48. The number of rotatable bonds is 6. The third kappa shape index (κ3) is 3.72. The van der Waals surface area contributed by atoms with Crippen LogP contribution >= 0.6 is 0 Å². The average molecular weight is 351 g/mol. The molecule has 0 spiro atoms. The maximum absolute atomic E-state index is 13.0. The highest BCUT2D eigenvalue weighted by Crippen LogP contribution is 2.42. The van der Waals surface area contributed by atoms with Gasteiger partial charge in [0.2, 0.25) is 5.91 Å². The topological polar surface area (TPSA) is 56.8 Å². The highest BCUT2D eigenvalue weighted by molar-refractivity contribution is 5.84. The number of nitrogens with zero attached hydrogens (tertiary/aromatic N) is 2. The van der Waals surface area contributed by atoms with E-state index in [1.807, 2.05) is 0 Å². The first-order valence-corrected chi connectivity index (χ1v) is 10.3. The quantitative estimate of drug-likeness (QED) is 0.675. The summed E-state index contributed by atoms with van der Waals surface area (Å²) in [6.45, 7) is 9.55. The van der Waals surface area contributed by atoms with Crippen LogP contribution in [0.1, 0.15) is 32.1 Å². The Balaban J connectivity index is 1.26. The number of amides is 1. The summed E-state index contributed by atoms with van der Waals surface area (Å²) in [6, 6.07) is 0.733. The van der Waals surface area contributed by atoms with Crippen LogP contribution in [0.25, 0.3) is 0 Å². The van der Waals surface area contributed by atoms with Gasteiger partial charge in [0.05, 0.1) is 18.6 Å². The van der Waals surface area contributed by atoms with Gasteiger partial charge >= 0.3 is 0 Å². The number of hydrogen-bond acceptors (Lipinski definition) is 5. The molecule has 25 heavy (non-hydrogen) atoms. The van der Waals surface area contributed by atoms with E-state index >= 15 is 0 Å². The number of likely N-dealkylation sites (tertiary alicyclic amines) is 1. The predicted octanol–water partition coefficient (Wildman–Crippen LogP) is 0.289. The second kappa shape index (κ2) is 7.91. The summed E-state index contributed by atoms with van der Waals surface area (Å²) in [7, 11) is 0. The fraction of sp³-hybridized carbons (Fsp3) is 0.947. The van der Waals surface area contributed by atoms with Crippen LogP contribution in [0.4, 0.5) is 0 Å². The van der Waals surface area contributed by atoms with Crippen LogP contribution in [-0.2, 0) is 9.53 Å². The summed E-state index contributed by atoms with van der Waals surface area (Å²) in [5.41, 5.74) is -0.179. The number of morpholine rings is 1. The van der Waals surface area contributed by atoms with E-state index in [9.17, 15) is 4.79 Å². The molecular weight excluding hydrogens is 316 g/mol. The van der Waals surface area contributed by atoms with Crippen molar-refractivity contribution < 1.29 is 9.53 Å². The number of fused-ring (bicyclic) bond motifs is 1. The molecule has 3 aliphatic heterocycles. The fourth-order valence-corrected chi connectivity index (χ4v) is 5.33. The zero-order valence-corrected chi connectivity index (χ0v) is 15.5. The Bertz CT molecular complexity index is 462. The van der Waals surface area contributed by atoms with Crippen LogP contribution in [0.2, 0.25) is 0 Å². The van der Waals surface area contributed by atoms with Crippen molar-refractivity contribution in [3.8, 4) is 0 Å². The van der Waals surface area contributed by atoms with E-state index < -0.39 is 0 Å². The van der Waals surface area contributed by atoms with Gasteiger partial charge in [-0.15, -0.1) is 0 Å². The Morgan fingerprint density at radius 1 is 1.24 bits per heavy atom. The lowest BCUT2D eigenvalue weighted by atomic mass is 9.80. The summed E-state index contributed by atoms with van der Waals surface area (Å²) < 4.78 is 5.39. The number of carbonyl (C=O) groups is 1. The summed E-state index contributed by atoms with van der Waals surface area (Å²) >= 11 is 0. The largest absolute Gasteiger partial charge is 0.379 e. The van der Waals surface area contributed by atoms with Crippen molar-refractivity contribution in [3.63, 3.8) is 0 Å². The van der Waals surface area contributed by atoms with Gasteiger partial charge in [-0.3, -0.25) is 14.6 Å². The molecular formula is C19H34N4O2. The van der Waals surface area contributed by atoms with Gasteiger partial charge in [0.1, 0.15) is 0 Å². The maximum Gasteiger partial charge on any atom is 0.229 e. The highest BCUT2D eigenvalue weighted by Gasteiger charge is 2.55. The van der Waals surface area contributed by atoms with Gasteiger partial charge in [-0.05, 0) is 25.8 Å². The van der Waals surface area contributed by atoms with Gasteiger partial charge in [-0.1, -0.05) is 12.8 Å². The predicted molar refractivity (Wildman–Crippen MR) is 97.5 cm³/mol. The van der Waals surface area contributed by atoms with Crippen molar-refractivity contribution in [2.45, 2.75) is 38.1 Å². The van der Waals surface area contributed by atoms with Crippen LogP contribution in [0.15, 0.2) is 0 Å². The monoisotopic (exact) mass is 350 g/mol. The number of nitrogens with one attached hydrogen (secondary N) is 2. The van der Waals surface area contributed by atoms with Crippen LogP contribution in [0.5, 0.6) is 0 Å². The molecule has 4 rings (SSSR count). The van der Waals surface area contributed by atoms with E-state index in [1.165, 1.54) is 25.7 Å². The number of ether oxygens (including phenoxy) is 1. The molecule has 6 nitrogen and oxygen atoms in total. The summed E-state index contributed by atoms with van der Waals surface area (Å²) in [4.78, 5) is 18.1. The molecule has 142 valence electrons. The summed E-state index contributed by atoms with van der Waals surface area (Å²) in [5.74, 6) is 0.789. The molecule has 4 fully saturated rings. The Hall–Kier alpha value is -0.690. The molecule has 3 heterocycles. The van der Waals surface area contributed by atoms with E-state index in [0.717, 1.165) is 78.0 Å². The Kier molecular flexibility index (Phi) is 5.60. The van der Waals surface area contributed by atoms with E-state index in [2.05, 4.69) is 20.4 Å². The SMILES string of the molecule is O=C(NCCCN1CCOCC1)[C@]12CNC[C@H]1CN(C1CCCC1)C2. The number of hydrogen-bond donors (Lipinski definition) is 2. The van der Waals surface area contributed by atoms with Crippen molar-refractivity contribution in [1.82, 2.24) is 20.4 Å². The molecule has 2 atom stereocenters. The minimum atomic E-state index is -0.179. The van der Waals surface area contributed by atoms with Gasteiger partial charge in [-0.2, -0.15) is 0 Å². The molecule has 1 amide bonds. The molecule has 0 aromatic rings. The van der Waals surface area contributed by atoms with Crippen molar-refractivity contribution >= 4 is 5.91 Å². The maximum atomic E-state index is 13.0. The van der Waals surface area contributed by atoms with Crippen molar-refractivity contribution in [1.29, 1.82) is 0 Å². The molecule has 1 aliphatic carbocycles. The van der Waals surface area contributed by atoms with Gasteiger partial charge < -0.3 is 15.4 Å².